The molecular weight excluding hydrogens is 286 g/mol. The van der Waals surface area contributed by atoms with Gasteiger partial charge in [0.25, 0.3) is 0 Å². The summed E-state index contributed by atoms with van der Waals surface area (Å²) in [5, 5.41) is 0. The highest BCUT2D eigenvalue weighted by Gasteiger charge is 2.28. The second-order valence-electron chi connectivity index (χ2n) is 4.12. The van der Waals surface area contributed by atoms with Crippen molar-refractivity contribution in [1.82, 2.24) is 4.90 Å². The lowest BCUT2D eigenvalue weighted by atomic mass is 10.1. The Kier molecular flexibility index (Phi) is 3.92. The number of carbonyl (C=O) groups is 1. The van der Waals surface area contributed by atoms with E-state index in [1.54, 1.807) is 0 Å². The molecule has 1 fully saturated rings. The van der Waals surface area contributed by atoms with Gasteiger partial charge in [-0.15, -0.1) is 0 Å². The first-order valence-electron chi connectivity index (χ1n) is 5.32. The molecule has 1 aliphatic heterocycles. The van der Waals surface area contributed by atoms with Gasteiger partial charge in [-0.25, -0.2) is 0 Å². The van der Waals surface area contributed by atoms with Gasteiger partial charge in [0.15, 0.2) is 0 Å². The van der Waals surface area contributed by atoms with Crippen molar-refractivity contribution in [3.63, 3.8) is 0 Å². The highest BCUT2D eigenvalue weighted by Crippen LogP contribution is 2.24. The molecule has 4 heteroatoms. The van der Waals surface area contributed by atoms with Crippen LogP contribution in [0.3, 0.4) is 0 Å². The van der Waals surface area contributed by atoms with E-state index in [-0.39, 0.29) is 5.91 Å². The smallest absolute Gasteiger partial charge is 0.223 e. The lowest BCUT2D eigenvalue weighted by Crippen LogP contribution is -2.24. The summed E-state index contributed by atoms with van der Waals surface area (Å²) in [6, 6.07) is 8.03. The Morgan fingerprint density at radius 2 is 2.19 bits per heavy atom. The average molecular weight is 300 g/mol. The largest absolute Gasteiger partial charge is 0.338 e. The predicted octanol–water partition coefficient (Wildman–Crippen LogP) is 2.73. The fourth-order valence-corrected chi connectivity index (χ4v) is 2.62. The van der Waals surface area contributed by atoms with Crippen molar-refractivity contribution < 1.29 is 4.79 Å². The van der Waals surface area contributed by atoms with Crippen LogP contribution >= 0.6 is 28.6 Å². The number of hydrogen-bond acceptors (Lipinski definition) is 2. The third-order valence-electron chi connectivity index (χ3n) is 2.87. The van der Waals surface area contributed by atoms with E-state index in [1.165, 1.54) is 0 Å². The second-order valence-corrected chi connectivity index (χ2v) is 5.34. The van der Waals surface area contributed by atoms with E-state index in [2.05, 4.69) is 28.6 Å². The van der Waals surface area contributed by atoms with E-state index >= 15 is 0 Å². The van der Waals surface area contributed by atoms with Gasteiger partial charge in [0.05, 0.1) is 0 Å². The number of benzene rings is 1. The zero-order chi connectivity index (χ0) is 11.5. The third kappa shape index (κ3) is 2.61. The molecule has 1 atom stereocenters. The molecule has 1 aliphatic rings. The monoisotopic (exact) mass is 299 g/mol. The molecule has 0 bridgehead atoms. The summed E-state index contributed by atoms with van der Waals surface area (Å²) in [5.41, 5.74) is 1.16. The highest BCUT2D eigenvalue weighted by molar-refractivity contribution is 9.10. The molecule has 2 rings (SSSR count). The average Bonchev–Trinajstić information content (AvgIpc) is 2.63. The maximum atomic E-state index is 11.7. The van der Waals surface area contributed by atoms with Crippen LogP contribution in [0.4, 0.5) is 0 Å². The molecule has 1 heterocycles. The Hall–Kier alpha value is -0.480. The quantitative estimate of drug-likeness (QED) is 0.851. The van der Waals surface area contributed by atoms with Crippen molar-refractivity contribution in [2.24, 2.45) is 5.92 Å². The van der Waals surface area contributed by atoms with Crippen LogP contribution in [0.1, 0.15) is 12.0 Å². The zero-order valence-electron chi connectivity index (χ0n) is 8.90. The van der Waals surface area contributed by atoms with Gasteiger partial charge in [0.1, 0.15) is 0 Å². The lowest BCUT2D eigenvalue weighted by molar-refractivity contribution is -0.128. The molecule has 0 spiro atoms. The fourth-order valence-electron chi connectivity index (χ4n) is 1.96. The van der Waals surface area contributed by atoms with Gasteiger partial charge in [-0.2, -0.15) is 12.6 Å². The molecule has 86 valence electrons. The van der Waals surface area contributed by atoms with Crippen molar-refractivity contribution in [1.29, 1.82) is 0 Å². The van der Waals surface area contributed by atoms with Gasteiger partial charge in [-0.3, -0.25) is 4.79 Å². The number of nitrogens with zero attached hydrogens (tertiary/aromatic N) is 1. The molecule has 1 aromatic carbocycles. The minimum Gasteiger partial charge on any atom is -0.338 e. The van der Waals surface area contributed by atoms with E-state index in [0.29, 0.717) is 18.9 Å². The second kappa shape index (κ2) is 5.23. The Labute approximate surface area is 110 Å². The highest BCUT2D eigenvalue weighted by atomic mass is 79.9. The minimum absolute atomic E-state index is 0.245. The van der Waals surface area contributed by atoms with Gasteiger partial charge >= 0.3 is 0 Å². The molecule has 0 aliphatic carbocycles. The van der Waals surface area contributed by atoms with Crippen LogP contribution in [-0.4, -0.2) is 23.1 Å². The standard InChI is InChI=1S/C12H14BrNOS/c13-11-4-2-1-3-10(11)7-14-6-9(8-16)5-12(14)15/h1-4,9,16H,5-8H2. The van der Waals surface area contributed by atoms with E-state index in [4.69, 9.17) is 0 Å². The van der Waals surface area contributed by atoms with Crippen LogP contribution in [0.2, 0.25) is 0 Å². The van der Waals surface area contributed by atoms with E-state index in [0.717, 1.165) is 22.3 Å². The van der Waals surface area contributed by atoms with Crippen molar-refractivity contribution in [3.05, 3.63) is 34.3 Å². The Balaban J connectivity index is 2.06. The molecule has 1 unspecified atom stereocenters. The Morgan fingerprint density at radius 1 is 1.44 bits per heavy atom. The summed E-state index contributed by atoms with van der Waals surface area (Å²) in [6.07, 6.45) is 0.647. The van der Waals surface area contributed by atoms with Crippen molar-refractivity contribution >= 4 is 34.5 Å². The first kappa shape index (κ1) is 12.0. The van der Waals surface area contributed by atoms with Gasteiger partial charge in [-0.1, -0.05) is 34.1 Å². The van der Waals surface area contributed by atoms with E-state index < -0.39 is 0 Å². The van der Waals surface area contributed by atoms with Crippen LogP contribution in [0.15, 0.2) is 28.7 Å². The maximum Gasteiger partial charge on any atom is 0.223 e. The van der Waals surface area contributed by atoms with Crippen LogP contribution in [0, 0.1) is 5.92 Å². The minimum atomic E-state index is 0.245. The van der Waals surface area contributed by atoms with E-state index in [9.17, 15) is 4.79 Å². The number of carbonyl (C=O) groups excluding carboxylic acids is 1. The number of halogens is 1. The normalized spacial score (nSPS) is 20.5. The molecule has 1 amide bonds. The Morgan fingerprint density at radius 3 is 2.81 bits per heavy atom. The van der Waals surface area contributed by atoms with Crippen LogP contribution in [0.5, 0.6) is 0 Å². The first-order valence-corrected chi connectivity index (χ1v) is 6.75. The molecule has 0 N–H and O–H groups in total. The molecule has 1 aromatic rings. The van der Waals surface area contributed by atoms with Gasteiger partial charge < -0.3 is 4.90 Å². The van der Waals surface area contributed by atoms with Gasteiger partial charge in [0.2, 0.25) is 5.91 Å². The van der Waals surface area contributed by atoms with Crippen molar-refractivity contribution in [2.45, 2.75) is 13.0 Å². The summed E-state index contributed by atoms with van der Waals surface area (Å²) in [6.45, 7) is 1.54. The topological polar surface area (TPSA) is 20.3 Å². The summed E-state index contributed by atoms with van der Waals surface area (Å²) in [5.74, 6) is 1.45. The molecule has 0 aromatic heterocycles. The summed E-state index contributed by atoms with van der Waals surface area (Å²) >= 11 is 7.76. The number of rotatable bonds is 3. The third-order valence-corrected chi connectivity index (χ3v) is 4.16. The Bertz CT molecular complexity index is 396. The molecule has 16 heavy (non-hydrogen) atoms. The van der Waals surface area contributed by atoms with Crippen LogP contribution in [0.25, 0.3) is 0 Å². The summed E-state index contributed by atoms with van der Waals surface area (Å²) in [7, 11) is 0. The fraction of sp³-hybridized carbons (Fsp3) is 0.417. The van der Waals surface area contributed by atoms with Crippen molar-refractivity contribution in [2.75, 3.05) is 12.3 Å². The van der Waals surface area contributed by atoms with Crippen LogP contribution in [-0.2, 0) is 11.3 Å². The maximum absolute atomic E-state index is 11.7. The molecule has 0 saturated carbocycles. The first-order chi connectivity index (χ1) is 7.70. The number of amides is 1. The molecule has 2 nitrogen and oxygen atoms in total. The number of thiol groups is 1. The molecule has 1 saturated heterocycles. The van der Waals surface area contributed by atoms with Gasteiger partial charge in [-0.05, 0) is 23.3 Å². The molecular formula is C12H14BrNOS. The van der Waals surface area contributed by atoms with Crippen molar-refractivity contribution in [3.8, 4) is 0 Å². The van der Waals surface area contributed by atoms with Gasteiger partial charge in [0, 0.05) is 24.0 Å². The number of hydrogen-bond donors (Lipinski definition) is 1. The predicted molar refractivity (Wildman–Crippen MR) is 71.5 cm³/mol. The SMILES string of the molecule is O=C1CC(CS)CN1Cc1ccccc1Br. The summed E-state index contributed by atoms with van der Waals surface area (Å²) in [4.78, 5) is 13.7. The lowest BCUT2D eigenvalue weighted by Gasteiger charge is -2.17. The summed E-state index contributed by atoms with van der Waals surface area (Å²) < 4.78 is 1.07. The molecule has 0 radical (unpaired) electrons. The van der Waals surface area contributed by atoms with Crippen LogP contribution < -0.4 is 0 Å². The zero-order valence-corrected chi connectivity index (χ0v) is 11.4. The van der Waals surface area contributed by atoms with E-state index in [1.807, 2.05) is 29.2 Å². The number of likely N-dealkylation sites (tertiary alicyclic amines) is 1.